The van der Waals surface area contributed by atoms with Gasteiger partial charge in [0.1, 0.15) is 0 Å². The van der Waals surface area contributed by atoms with Gasteiger partial charge in [-0.1, -0.05) is 146 Å². The molecule has 0 aliphatic rings. The highest BCUT2D eigenvalue weighted by Crippen LogP contribution is 2.45. The van der Waals surface area contributed by atoms with Crippen molar-refractivity contribution in [3.63, 3.8) is 0 Å². The Morgan fingerprint density at radius 2 is 0.800 bits per heavy atom. The molecule has 0 aliphatic carbocycles. The molecule has 8 aromatic carbocycles. The van der Waals surface area contributed by atoms with Gasteiger partial charge in [-0.3, -0.25) is 0 Å². The maximum absolute atomic E-state index is 2.34. The molecule has 0 aliphatic heterocycles. The van der Waals surface area contributed by atoms with Crippen LogP contribution in [0.5, 0.6) is 0 Å². The first-order valence-corrected chi connectivity index (χ1v) is 13.9. The lowest BCUT2D eigenvalue weighted by Gasteiger charge is -2.19. The van der Waals surface area contributed by atoms with Gasteiger partial charge in [-0.2, -0.15) is 0 Å². The van der Waals surface area contributed by atoms with Crippen molar-refractivity contribution < 1.29 is 0 Å². The predicted octanol–water partition coefficient (Wildman–Crippen LogP) is 11.3. The second kappa shape index (κ2) is 9.22. The highest BCUT2D eigenvalue weighted by molar-refractivity contribution is 6.23. The smallest absolute Gasteiger partial charge is 0.00201 e. The molecule has 0 saturated heterocycles. The predicted molar refractivity (Wildman–Crippen MR) is 173 cm³/mol. The van der Waals surface area contributed by atoms with Crippen molar-refractivity contribution in [1.29, 1.82) is 0 Å². The molecule has 0 spiro atoms. The molecule has 40 heavy (non-hydrogen) atoms. The van der Waals surface area contributed by atoms with E-state index in [0.717, 1.165) is 0 Å². The summed E-state index contributed by atoms with van der Waals surface area (Å²) in [4.78, 5) is 0. The van der Waals surface area contributed by atoms with Crippen LogP contribution in [0.1, 0.15) is 0 Å². The van der Waals surface area contributed by atoms with Crippen LogP contribution >= 0.6 is 0 Å². The molecule has 0 N–H and O–H groups in total. The summed E-state index contributed by atoms with van der Waals surface area (Å²) in [6.07, 6.45) is 0. The summed E-state index contributed by atoms with van der Waals surface area (Å²) in [6, 6.07) is 57.5. The third-order valence-electron chi connectivity index (χ3n) is 8.23. The Balaban J connectivity index is 1.44. The van der Waals surface area contributed by atoms with Gasteiger partial charge < -0.3 is 0 Å². The van der Waals surface area contributed by atoms with E-state index in [9.17, 15) is 0 Å². The average molecular weight is 507 g/mol. The van der Waals surface area contributed by atoms with Gasteiger partial charge in [0.2, 0.25) is 0 Å². The van der Waals surface area contributed by atoms with Gasteiger partial charge in [0.15, 0.2) is 0 Å². The molecule has 0 amide bonds. The van der Waals surface area contributed by atoms with E-state index >= 15 is 0 Å². The lowest BCUT2D eigenvalue weighted by atomic mass is 9.84. The fourth-order valence-electron chi connectivity index (χ4n) is 6.39. The third kappa shape index (κ3) is 3.61. The van der Waals surface area contributed by atoms with E-state index in [-0.39, 0.29) is 0 Å². The summed E-state index contributed by atoms with van der Waals surface area (Å²) in [6.45, 7) is 0. The van der Waals surface area contributed by atoms with Crippen LogP contribution in [-0.4, -0.2) is 0 Å². The fourth-order valence-corrected chi connectivity index (χ4v) is 6.39. The molecule has 0 bridgehead atoms. The Labute approximate surface area is 233 Å². The van der Waals surface area contributed by atoms with Crippen LogP contribution in [0.4, 0.5) is 0 Å². The van der Waals surface area contributed by atoms with Gasteiger partial charge in [-0.15, -0.1) is 0 Å². The van der Waals surface area contributed by atoms with Crippen LogP contribution in [0, 0.1) is 0 Å². The summed E-state index contributed by atoms with van der Waals surface area (Å²) in [7, 11) is 0. The van der Waals surface area contributed by atoms with Crippen molar-refractivity contribution in [3.05, 3.63) is 158 Å². The molecule has 0 aromatic heterocycles. The van der Waals surface area contributed by atoms with E-state index in [1.54, 1.807) is 0 Å². The Hall–Kier alpha value is -5.20. The van der Waals surface area contributed by atoms with Crippen LogP contribution in [0.15, 0.2) is 158 Å². The molecule has 8 rings (SSSR count). The van der Waals surface area contributed by atoms with Crippen molar-refractivity contribution >= 4 is 43.1 Å². The standard InChI is InChI=1S/C40H26/c1-2-11-27(12-3-1)30-23-24-33-31(25-30)15-10-20-34(33)40-37-18-8-6-16-35(37)39(36-17-7-9-19-38(36)40)32-22-21-28-13-4-5-14-29(28)26-32/h1-26H. The average Bonchev–Trinajstić information content (AvgIpc) is 3.03. The van der Waals surface area contributed by atoms with E-state index in [2.05, 4.69) is 158 Å². The SMILES string of the molecule is c1ccc(-c2ccc3c(-c4c5ccccc5c(-c5ccc6ccccc6c5)c5ccccc45)cccc3c2)cc1. The molecule has 8 aromatic rings. The van der Waals surface area contributed by atoms with Crippen LogP contribution in [0.2, 0.25) is 0 Å². The van der Waals surface area contributed by atoms with Crippen LogP contribution in [0.25, 0.3) is 76.5 Å². The second-order valence-electron chi connectivity index (χ2n) is 10.5. The second-order valence-corrected chi connectivity index (χ2v) is 10.5. The number of fused-ring (bicyclic) bond motifs is 4. The van der Waals surface area contributed by atoms with E-state index in [1.165, 1.54) is 76.5 Å². The zero-order valence-corrected chi connectivity index (χ0v) is 22.0. The molecule has 186 valence electrons. The zero-order valence-electron chi connectivity index (χ0n) is 22.0. The van der Waals surface area contributed by atoms with Gasteiger partial charge in [0, 0.05) is 0 Å². The quantitative estimate of drug-likeness (QED) is 0.209. The topological polar surface area (TPSA) is 0 Å². The Bertz CT molecular complexity index is 2150. The summed E-state index contributed by atoms with van der Waals surface area (Å²) in [5, 5.41) is 10.2. The zero-order chi connectivity index (χ0) is 26.5. The van der Waals surface area contributed by atoms with Gasteiger partial charge in [-0.05, 0) is 88.6 Å². The maximum Gasteiger partial charge on any atom is -0.00201 e. The van der Waals surface area contributed by atoms with Gasteiger partial charge in [0.25, 0.3) is 0 Å². The van der Waals surface area contributed by atoms with Crippen molar-refractivity contribution in [2.75, 3.05) is 0 Å². The summed E-state index contributed by atoms with van der Waals surface area (Å²) < 4.78 is 0. The Morgan fingerprint density at radius 1 is 0.250 bits per heavy atom. The molecular formula is C40H26. The van der Waals surface area contributed by atoms with Crippen molar-refractivity contribution in [3.8, 4) is 33.4 Å². The first-order chi connectivity index (χ1) is 19.8. The molecule has 0 radical (unpaired) electrons. The lowest BCUT2D eigenvalue weighted by molar-refractivity contribution is 1.64. The highest BCUT2D eigenvalue weighted by Gasteiger charge is 2.18. The van der Waals surface area contributed by atoms with Crippen LogP contribution in [0.3, 0.4) is 0 Å². The largest absolute Gasteiger partial charge is 0.0622 e. The number of benzene rings is 8. The van der Waals surface area contributed by atoms with Crippen molar-refractivity contribution in [2.45, 2.75) is 0 Å². The summed E-state index contributed by atoms with van der Waals surface area (Å²) in [5.41, 5.74) is 7.61. The first kappa shape index (κ1) is 22.8. The van der Waals surface area contributed by atoms with E-state index in [4.69, 9.17) is 0 Å². The lowest BCUT2D eigenvalue weighted by Crippen LogP contribution is -1.92. The van der Waals surface area contributed by atoms with Crippen molar-refractivity contribution in [1.82, 2.24) is 0 Å². The van der Waals surface area contributed by atoms with Gasteiger partial charge >= 0.3 is 0 Å². The fraction of sp³-hybridized carbons (Fsp3) is 0. The van der Waals surface area contributed by atoms with Crippen LogP contribution in [-0.2, 0) is 0 Å². The van der Waals surface area contributed by atoms with E-state index in [1.807, 2.05) is 0 Å². The molecule has 0 heterocycles. The first-order valence-electron chi connectivity index (χ1n) is 13.9. The molecule has 0 heteroatoms. The van der Waals surface area contributed by atoms with Gasteiger partial charge in [0.05, 0.1) is 0 Å². The molecule has 0 nitrogen and oxygen atoms in total. The Kier molecular flexibility index (Phi) is 5.24. The summed E-state index contributed by atoms with van der Waals surface area (Å²) in [5.74, 6) is 0. The van der Waals surface area contributed by atoms with Gasteiger partial charge in [-0.25, -0.2) is 0 Å². The third-order valence-corrected chi connectivity index (χ3v) is 8.23. The number of hydrogen-bond acceptors (Lipinski definition) is 0. The minimum atomic E-state index is 1.24. The molecule has 0 fully saturated rings. The monoisotopic (exact) mass is 506 g/mol. The van der Waals surface area contributed by atoms with E-state index in [0.29, 0.717) is 0 Å². The Morgan fingerprint density at radius 3 is 1.52 bits per heavy atom. The molecule has 0 atom stereocenters. The minimum absolute atomic E-state index is 1.24. The molecule has 0 unspecified atom stereocenters. The summed E-state index contributed by atoms with van der Waals surface area (Å²) >= 11 is 0. The minimum Gasteiger partial charge on any atom is -0.0622 e. The normalized spacial score (nSPS) is 11.5. The highest BCUT2D eigenvalue weighted by atomic mass is 14.2. The van der Waals surface area contributed by atoms with Crippen molar-refractivity contribution in [2.24, 2.45) is 0 Å². The van der Waals surface area contributed by atoms with E-state index < -0.39 is 0 Å². The molecule has 0 saturated carbocycles. The van der Waals surface area contributed by atoms with Crippen LogP contribution < -0.4 is 0 Å². The number of hydrogen-bond donors (Lipinski definition) is 0. The maximum atomic E-state index is 2.34. The number of rotatable bonds is 3. The molecular weight excluding hydrogens is 480 g/mol.